The Morgan fingerprint density at radius 2 is 1.62 bits per heavy atom. The van der Waals surface area contributed by atoms with Crippen LogP contribution in [0.3, 0.4) is 0 Å². The fraction of sp³-hybridized carbons (Fsp3) is 0.273. The number of halogens is 1. The van der Waals surface area contributed by atoms with Crippen molar-refractivity contribution in [1.29, 1.82) is 0 Å². The summed E-state index contributed by atoms with van der Waals surface area (Å²) in [5.74, 6) is -3.39. The first-order chi connectivity index (χ1) is 17.2. The molecule has 0 amide bonds. The summed E-state index contributed by atoms with van der Waals surface area (Å²) >= 11 is 0. The molecule has 0 aromatic heterocycles. The van der Waals surface area contributed by atoms with E-state index in [2.05, 4.69) is 4.84 Å². The molecule has 2 aromatic carbocycles. The van der Waals surface area contributed by atoms with E-state index in [1.807, 2.05) is 0 Å². The summed E-state index contributed by atoms with van der Waals surface area (Å²) in [6.07, 6.45) is 0.154. The first kappa shape index (κ1) is 30.6. The number of esters is 4. The molecule has 14 nitrogen and oxygen atoms in total. The lowest BCUT2D eigenvalue weighted by atomic mass is 10.2. The second-order valence-electron chi connectivity index (χ2n) is 6.67. The number of carbonyl (C=O) groups is 4. The summed E-state index contributed by atoms with van der Waals surface area (Å²) in [6.45, 7) is -0.271. The van der Waals surface area contributed by atoms with Crippen LogP contribution >= 0.6 is 12.4 Å². The largest absolute Gasteiger partial charge is 0.490 e. The van der Waals surface area contributed by atoms with Gasteiger partial charge in [0, 0.05) is 13.3 Å². The Morgan fingerprint density at radius 3 is 2.30 bits per heavy atom. The Bertz CT molecular complexity index is 1120. The quantitative estimate of drug-likeness (QED) is 0.0962. The number of benzene rings is 2. The molecule has 0 spiro atoms. The van der Waals surface area contributed by atoms with Crippen molar-refractivity contribution in [2.75, 3.05) is 26.6 Å². The minimum atomic E-state index is -0.940. The van der Waals surface area contributed by atoms with Gasteiger partial charge < -0.3 is 34.3 Å². The lowest BCUT2D eigenvalue weighted by Gasteiger charge is -2.13. The second-order valence-corrected chi connectivity index (χ2v) is 6.67. The van der Waals surface area contributed by atoms with E-state index in [0.29, 0.717) is 0 Å². The molecule has 0 atom stereocenters. The van der Waals surface area contributed by atoms with Gasteiger partial charge in [-0.2, -0.15) is 0 Å². The fourth-order valence-electron chi connectivity index (χ4n) is 2.56. The number of para-hydroxylation sites is 1. The van der Waals surface area contributed by atoms with Crippen molar-refractivity contribution in [2.24, 2.45) is 5.73 Å². The van der Waals surface area contributed by atoms with E-state index in [9.17, 15) is 29.3 Å². The predicted octanol–water partition coefficient (Wildman–Crippen LogP) is 1.85. The van der Waals surface area contributed by atoms with E-state index in [1.165, 1.54) is 37.3 Å². The Kier molecular flexibility index (Phi) is 12.9. The van der Waals surface area contributed by atoms with Crippen LogP contribution < -0.4 is 19.9 Å². The summed E-state index contributed by atoms with van der Waals surface area (Å²) in [7, 11) is 0. The molecule has 0 fully saturated rings. The molecule has 2 aromatic rings. The monoisotopic (exact) mass is 542 g/mol. The molecule has 200 valence electrons. The van der Waals surface area contributed by atoms with Crippen molar-refractivity contribution >= 4 is 36.3 Å². The molecule has 0 bridgehead atoms. The average Bonchev–Trinajstić information content (AvgIpc) is 2.84. The van der Waals surface area contributed by atoms with Crippen molar-refractivity contribution in [2.45, 2.75) is 13.3 Å². The lowest BCUT2D eigenvalue weighted by Crippen LogP contribution is -2.20. The molecular formula is C22H23ClN2O12. The van der Waals surface area contributed by atoms with Crippen LogP contribution in [0.1, 0.15) is 34.1 Å². The van der Waals surface area contributed by atoms with Gasteiger partial charge in [-0.05, 0) is 30.3 Å². The third kappa shape index (κ3) is 10.4. The zero-order valence-corrected chi connectivity index (χ0v) is 20.2. The Hall–Kier alpha value is -4.43. The number of nitrogens with two attached hydrogens (primary N) is 1. The summed E-state index contributed by atoms with van der Waals surface area (Å²) < 4.78 is 25.3. The molecule has 15 heteroatoms. The summed E-state index contributed by atoms with van der Waals surface area (Å²) in [6, 6.07) is 9.59. The number of nitrogens with zero attached hydrogens (tertiary/aromatic N) is 1. The zero-order chi connectivity index (χ0) is 26.5. The molecule has 0 unspecified atom stereocenters. The van der Waals surface area contributed by atoms with E-state index in [0.717, 1.165) is 6.07 Å². The molecule has 37 heavy (non-hydrogen) atoms. The number of hydrogen-bond donors (Lipinski definition) is 1. The van der Waals surface area contributed by atoms with Crippen molar-refractivity contribution < 1.29 is 52.8 Å². The summed E-state index contributed by atoms with van der Waals surface area (Å²) in [4.78, 5) is 61.8. The van der Waals surface area contributed by atoms with Gasteiger partial charge in [0.25, 0.3) is 5.09 Å². The maximum Gasteiger partial charge on any atom is 0.344 e. The van der Waals surface area contributed by atoms with E-state index in [-0.39, 0.29) is 60.4 Å². The summed E-state index contributed by atoms with van der Waals surface area (Å²) in [5, 5.41) is 9.22. The van der Waals surface area contributed by atoms with Crippen LogP contribution in [0.2, 0.25) is 0 Å². The molecule has 0 saturated heterocycles. The molecule has 0 heterocycles. The minimum absolute atomic E-state index is 0. The zero-order valence-electron chi connectivity index (χ0n) is 19.4. The van der Waals surface area contributed by atoms with Crippen LogP contribution in [0.15, 0.2) is 42.5 Å². The Labute approximate surface area is 216 Å². The maximum absolute atomic E-state index is 12.4. The predicted molar refractivity (Wildman–Crippen MR) is 125 cm³/mol. The second kappa shape index (κ2) is 15.5. The van der Waals surface area contributed by atoms with Crippen LogP contribution in [-0.4, -0.2) is 55.5 Å². The van der Waals surface area contributed by atoms with Gasteiger partial charge in [-0.3, -0.25) is 9.59 Å². The van der Waals surface area contributed by atoms with E-state index >= 15 is 0 Å². The van der Waals surface area contributed by atoms with Gasteiger partial charge in [0.05, 0.1) is 25.3 Å². The molecule has 0 saturated carbocycles. The van der Waals surface area contributed by atoms with Gasteiger partial charge in [0.15, 0.2) is 11.5 Å². The molecule has 0 radical (unpaired) electrons. The Morgan fingerprint density at radius 1 is 0.919 bits per heavy atom. The Balaban J connectivity index is 0.00000684. The van der Waals surface area contributed by atoms with Crippen LogP contribution in [0.25, 0.3) is 0 Å². The number of hydrogen-bond acceptors (Lipinski definition) is 13. The van der Waals surface area contributed by atoms with Gasteiger partial charge in [-0.1, -0.05) is 12.1 Å². The standard InChI is InChI=1S/C22H22N2O12.ClH/c1-14(25)35-17-6-3-2-5-16(17)22(28)33-13-32-21(27)15-7-8-18(19(11-15)36-20(26)12-23)31-9-4-10-34-24(29)30;/h2-3,5-8,11H,4,9-10,12-13,23H2,1H3;1H. The third-order valence-corrected chi connectivity index (χ3v) is 4.05. The van der Waals surface area contributed by atoms with Gasteiger partial charge in [-0.15, -0.1) is 22.5 Å². The van der Waals surface area contributed by atoms with Crippen molar-refractivity contribution in [3.8, 4) is 17.2 Å². The lowest BCUT2D eigenvalue weighted by molar-refractivity contribution is -0.757. The topological polar surface area (TPSA) is 193 Å². The van der Waals surface area contributed by atoms with Crippen molar-refractivity contribution in [3.63, 3.8) is 0 Å². The highest BCUT2D eigenvalue weighted by Crippen LogP contribution is 2.29. The van der Waals surface area contributed by atoms with E-state index in [1.54, 1.807) is 6.07 Å². The number of ether oxygens (including phenoxy) is 5. The highest BCUT2D eigenvalue weighted by atomic mass is 35.5. The molecule has 2 rings (SSSR count). The smallest absolute Gasteiger partial charge is 0.344 e. The van der Waals surface area contributed by atoms with Crippen LogP contribution in [0.4, 0.5) is 0 Å². The van der Waals surface area contributed by atoms with Crippen molar-refractivity contribution in [1.82, 2.24) is 0 Å². The SMILES string of the molecule is CC(=O)Oc1ccccc1C(=O)OCOC(=O)c1ccc(OCCCO[N+](=O)[O-])c(OC(=O)CN)c1.Cl. The molecule has 0 aliphatic heterocycles. The normalized spacial score (nSPS) is 9.78. The molecule has 0 aliphatic carbocycles. The minimum Gasteiger partial charge on any atom is -0.490 e. The molecular weight excluding hydrogens is 520 g/mol. The van der Waals surface area contributed by atoms with Crippen molar-refractivity contribution in [3.05, 3.63) is 63.7 Å². The van der Waals surface area contributed by atoms with E-state index < -0.39 is 42.3 Å². The first-order valence-corrected chi connectivity index (χ1v) is 10.3. The number of rotatable bonds is 13. The van der Waals surface area contributed by atoms with Gasteiger partial charge in [0.1, 0.15) is 11.3 Å². The van der Waals surface area contributed by atoms with Crippen LogP contribution in [0.5, 0.6) is 17.2 Å². The van der Waals surface area contributed by atoms with Gasteiger partial charge in [0.2, 0.25) is 6.79 Å². The number of carbonyl (C=O) groups excluding carboxylic acids is 4. The highest BCUT2D eigenvalue weighted by Gasteiger charge is 2.18. The summed E-state index contributed by atoms with van der Waals surface area (Å²) in [5.41, 5.74) is 5.13. The fourth-order valence-corrected chi connectivity index (χ4v) is 2.56. The maximum atomic E-state index is 12.4. The van der Waals surface area contributed by atoms with Gasteiger partial charge in [-0.25, -0.2) is 9.59 Å². The molecule has 0 aliphatic rings. The van der Waals surface area contributed by atoms with Crippen LogP contribution in [-0.2, 0) is 23.9 Å². The van der Waals surface area contributed by atoms with Gasteiger partial charge >= 0.3 is 23.9 Å². The van der Waals surface area contributed by atoms with Crippen LogP contribution in [0, 0.1) is 10.1 Å². The third-order valence-electron chi connectivity index (χ3n) is 4.05. The average molecular weight is 543 g/mol. The highest BCUT2D eigenvalue weighted by molar-refractivity contribution is 5.94. The first-order valence-electron chi connectivity index (χ1n) is 10.3. The van der Waals surface area contributed by atoms with E-state index in [4.69, 9.17) is 29.4 Å². The molecule has 2 N–H and O–H groups in total.